The summed E-state index contributed by atoms with van der Waals surface area (Å²) in [5.41, 5.74) is 0. The first-order valence-electron chi connectivity index (χ1n) is 5.54. The molecule has 1 amide bonds. The number of morpholine rings is 1. The van der Waals surface area contributed by atoms with Gasteiger partial charge in [-0.05, 0) is 19.4 Å². The van der Waals surface area contributed by atoms with Crippen LogP contribution in [0.2, 0.25) is 0 Å². The van der Waals surface area contributed by atoms with Crippen molar-refractivity contribution in [3.63, 3.8) is 0 Å². The summed E-state index contributed by atoms with van der Waals surface area (Å²) in [5, 5.41) is 5.89. The highest BCUT2D eigenvalue weighted by molar-refractivity contribution is 5.86. The zero-order chi connectivity index (χ0) is 12.0. The Morgan fingerprint density at radius 3 is 3.06 bits per heavy atom. The first-order valence-corrected chi connectivity index (χ1v) is 5.54. The smallest absolute Gasteiger partial charge is 0.245 e. The number of hydrogen-bond donors (Lipinski definition) is 2. The van der Waals surface area contributed by atoms with Gasteiger partial charge in [-0.2, -0.15) is 0 Å². The van der Waals surface area contributed by atoms with Gasteiger partial charge in [0.15, 0.2) is 5.79 Å². The van der Waals surface area contributed by atoms with Gasteiger partial charge in [-0.1, -0.05) is 13.5 Å². The van der Waals surface area contributed by atoms with E-state index >= 15 is 0 Å². The first kappa shape index (κ1) is 16.4. The van der Waals surface area contributed by atoms with Crippen LogP contribution in [-0.2, 0) is 14.3 Å². The number of halogens is 1. The van der Waals surface area contributed by atoms with Crippen LogP contribution in [0.25, 0.3) is 0 Å². The zero-order valence-electron chi connectivity index (χ0n) is 10.3. The predicted octanol–water partition coefficient (Wildman–Crippen LogP) is 0.799. The molecule has 2 unspecified atom stereocenters. The van der Waals surface area contributed by atoms with Crippen molar-refractivity contribution in [1.82, 2.24) is 10.6 Å². The SMILES string of the molecule is C=CC(=O)NCOC1(C)OCCNC1CC.Cl. The van der Waals surface area contributed by atoms with Crippen LogP contribution in [0.5, 0.6) is 0 Å². The maximum Gasteiger partial charge on any atom is 0.245 e. The standard InChI is InChI=1S/C11H20N2O3.ClH/c1-4-9-11(3,15-7-6-12-9)16-8-13-10(14)5-2;/h5,9,12H,2,4,6-8H2,1,3H3,(H,13,14);1H. The summed E-state index contributed by atoms with van der Waals surface area (Å²) in [6.45, 7) is 8.88. The molecule has 2 atom stereocenters. The van der Waals surface area contributed by atoms with Gasteiger partial charge in [-0.3, -0.25) is 4.79 Å². The lowest BCUT2D eigenvalue weighted by molar-refractivity contribution is -0.259. The van der Waals surface area contributed by atoms with Crippen molar-refractivity contribution in [2.24, 2.45) is 0 Å². The fourth-order valence-electron chi connectivity index (χ4n) is 1.75. The second-order valence-corrected chi connectivity index (χ2v) is 3.81. The third-order valence-electron chi connectivity index (χ3n) is 2.71. The minimum absolute atomic E-state index is 0. The van der Waals surface area contributed by atoms with Gasteiger partial charge in [-0.15, -0.1) is 12.4 Å². The van der Waals surface area contributed by atoms with Gasteiger partial charge in [-0.25, -0.2) is 0 Å². The van der Waals surface area contributed by atoms with E-state index in [1.54, 1.807) is 0 Å². The Hall–Kier alpha value is -0.620. The van der Waals surface area contributed by atoms with E-state index in [1.165, 1.54) is 6.08 Å². The van der Waals surface area contributed by atoms with E-state index in [0.717, 1.165) is 13.0 Å². The highest BCUT2D eigenvalue weighted by Gasteiger charge is 2.37. The Labute approximate surface area is 108 Å². The number of amides is 1. The molecule has 0 aromatic heterocycles. The van der Waals surface area contributed by atoms with Crippen LogP contribution in [0.3, 0.4) is 0 Å². The maximum atomic E-state index is 10.9. The van der Waals surface area contributed by atoms with Crippen LogP contribution < -0.4 is 10.6 Å². The topological polar surface area (TPSA) is 59.6 Å². The summed E-state index contributed by atoms with van der Waals surface area (Å²) in [5.74, 6) is -0.929. The Kier molecular flexibility index (Phi) is 7.38. The Morgan fingerprint density at radius 1 is 1.76 bits per heavy atom. The summed E-state index contributed by atoms with van der Waals surface area (Å²) >= 11 is 0. The van der Waals surface area contributed by atoms with Crippen molar-refractivity contribution in [2.45, 2.75) is 32.1 Å². The lowest BCUT2D eigenvalue weighted by Crippen LogP contribution is -2.58. The third kappa shape index (κ3) is 4.63. The summed E-state index contributed by atoms with van der Waals surface area (Å²) in [4.78, 5) is 10.9. The quantitative estimate of drug-likeness (QED) is 0.570. The van der Waals surface area contributed by atoms with Gasteiger partial charge in [0.1, 0.15) is 6.73 Å². The van der Waals surface area contributed by atoms with Gasteiger partial charge < -0.3 is 20.1 Å². The molecule has 17 heavy (non-hydrogen) atoms. The van der Waals surface area contributed by atoms with E-state index in [0.29, 0.717) is 6.61 Å². The molecule has 0 saturated carbocycles. The zero-order valence-corrected chi connectivity index (χ0v) is 11.1. The first-order chi connectivity index (χ1) is 7.62. The molecular weight excluding hydrogens is 244 g/mol. The molecule has 5 nitrogen and oxygen atoms in total. The number of carbonyl (C=O) groups is 1. The average Bonchev–Trinajstić information content (AvgIpc) is 2.29. The molecular formula is C11H21ClN2O3. The Balaban J connectivity index is 0.00000256. The fraction of sp³-hybridized carbons (Fsp3) is 0.727. The van der Waals surface area contributed by atoms with Crippen LogP contribution in [0.4, 0.5) is 0 Å². The van der Waals surface area contributed by atoms with Gasteiger partial charge in [0.25, 0.3) is 0 Å². The minimum Gasteiger partial charge on any atom is -0.347 e. The second-order valence-electron chi connectivity index (χ2n) is 3.81. The molecule has 0 radical (unpaired) electrons. The monoisotopic (exact) mass is 264 g/mol. The van der Waals surface area contributed by atoms with E-state index in [2.05, 4.69) is 24.1 Å². The highest BCUT2D eigenvalue weighted by Crippen LogP contribution is 2.22. The summed E-state index contributed by atoms with van der Waals surface area (Å²) in [7, 11) is 0. The number of nitrogens with one attached hydrogen (secondary N) is 2. The van der Waals surface area contributed by atoms with Gasteiger partial charge >= 0.3 is 0 Å². The molecule has 0 aromatic carbocycles. The molecule has 2 N–H and O–H groups in total. The molecule has 1 fully saturated rings. The van der Waals surface area contributed by atoms with Crippen molar-refractivity contribution in [1.29, 1.82) is 0 Å². The van der Waals surface area contributed by atoms with Crippen LogP contribution in [0, 0.1) is 0 Å². The van der Waals surface area contributed by atoms with Gasteiger partial charge in [0, 0.05) is 6.54 Å². The van der Waals surface area contributed by atoms with Crippen LogP contribution >= 0.6 is 12.4 Å². The Morgan fingerprint density at radius 2 is 2.47 bits per heavy atom. The van der Waals surface area contributed by atoms with E-state index in [-0.39, 0.29) is 31.1 Å². The number of carbonyl (C=O) groups excluding carboxylic acids is 1. The normalized spacial score (nSPS) is 28.0. The molecule has 0 bridgehead atoms. The molecule has 1 rings (SSSR count). The minimum atomic E-state index is -0.679. The van der Waals surface area contributed by atoms with Crippen LogP contribution in [-0.4, -0.2) is 37.6 Å². The number of ether oxygens (including phenoxy) is 2. The third-order valence-corrected chi connectivity index (χ3v) is 2.71. The van der Waals surface area contributed by atoms with Gasteiger partial charge in [0.2, 0.25) is 5.91 Å². The van der Waals surface area contributed by atoms with Crippen molar-refractivity contribution in [2.75, 3.05) is 19.9 Å². The maximum absolute atomic E-state index is 10.9. The van der Waals surface area contributed by atoms with E-state index < -0.39 is 5.79 Å². The largest absolute Gasteiger partial charge is 0.347 e. The lowest BCUT2D eigenvalue weighted by Gasteiger charge is -2.41. The molecule has 100 valence electrons. The molecule has 6 heteroatoms. The molecule has 0 aliphatic carbocycles. The number of rotatable bonds is 5. The summed E-state index contributed by atoms with van der Waals surface area (Å²) < 4.78 is 11.2. The van der Waals surface area contributed by atoms with Crippen LogP contribution in [0.1, 0.15) is 20.3 Å². The highest BCUT2D eigenvalue weighted by atomic mass is 35.5. The summed E-state index contributed by atoms with van der Waals surface area (Å²) in [6.07, 6.45) is 2.12. The molecule has 0 aromatic rings. The molecule has 1 aliphatic heterocycles. The van der Waals surface area contributed by atoms with Crippen molar-refractivity contribution in [3.8, 4) is 0 Å². The lowest BCUT2D eigenvalue weighted by atomic mass is 10.0. The van der Waals surface area contributed by atoms with E-state index in [4.69, 9.17) is 9.47 Å². The molecule has 1 heterocycles. The van der Waals surface area contributed by atoms with Gasteiger partial charge in [0.05, 0.1) is 12.6 Å². The average molecular weight is 265 g/mol. The molecule has 1 aliphatic rings. The molecule has 0 spiro atoms. The molecule has 1 saturated heterocycles. The number of hydrogen-bond acceptors (Lipinski definition) is 4. The van der Waals surface area contributed by atoms with Crippen molar-refractivity contribution >= 4 is 18.3 Å². The van der Waals surface area contributed by atoms with Crippen molar-refractivity contribution < 1.29 is 14.3 Å². The van der Waals surface area contributed by atoms with E-state index in [9.17, 15) is 4.79 Å². The fourth-order valence-corrected chi connectivity index (χ4v) is 1.75. The Bertz CT molecular complexity index is 263. The summed E-state index contributed by atoms with van der Waals surface area (Å²) in [6, 6.07) is 0.141. The second kappa shape index (κ2) is 7.66. The predicted molar refractivity (Wildman–Crippen MR) is 68.0 cm³/mol. The van der Waals surface area contributed by atoms with Crippen molar-refractivity contribution in [3.05, 3.63) is 12.7 Å². The van der Waals surface area contributed by atoms with Crippen LogP contribution in [0.15, 0.2) is 12.7 Å². The van der Waals surface area contributed by atoms with E-state index in [1.807, 2.05) is 6.92 Å².